The van der Waals surface area contributed by atoms with Crippen LogP contribution in [0.3, 0.4) is 0 Å². The topological polar surface area (TPSA) is 37.3 Å². The number of rotatable bonds is 3. The van der Waals surface area contributed by atoms with Crippen molar-refractivity contribution in [1.29, 1.82) is 0 Å². The van der Waals surface area contributed by atoms with Gasteiger partial charge in [0.25, 0.3) is 0 Å². The third kappa shape index (κ3) is 5.54. The number of para-hydroxylation sites is 1. The minimum Gasteiger partial charge on any atom is -0.350 e. The lowest BCUT2D eigenvalue weighted by Crippen LogP contribution is -2.50. The van der Waals surface area contributed by atoms with E-state index in [0.29, 0.717) is 18.4 Å². The third-order valence-electron chi connectivity index (χ3n) is 9.85. The van der Waals surface area contributed by atoms with Gasteiger partial charge >= 0.3 is 0 Å². The first-order chi connectivity index (χ1) is 17.4. The van der Waals surface area contributed by atoms with Crippen molar-refractivity contribution < 1.29 is 4.79 Å². The number of carbonyl (C=O) groups is 1. The van der Waals surface area contributed by atoms with Crippen LogP contribution in [0, 0.1) is 11.8 Å². The van der Waals surface area contributed by atoms with E-state index in [1.807, 2.05) is 0 Å². The molecule has 6 rings (SSSR count). The molecule has 4 unspecified atom stereocenters. The second-order valence-electron chi connectivity index (χ2n) is 12.8. The monoisotopic (exact) mass is 491 g/mol. The smallest absolute Gasteiger partial charge is 0.223 e. The number of fused-ring (bicyclic) bond motifs is 3. The predicted molar refractivity (Wildman–Crippen MR) is 150 cm³/mol. The van der Waals surface area contributed by atoms with E-state index < -0.39 is 0 Å². The van der Waals surface area contributed by atoms with Crippen LogP contribution in [-0.2, 0) is 17.3 Å². The fourth-order valence-electron chi connectivity index (χ4n) is 7.86. The second kappa shape index (κ2) is 11.3. The summed E-state index contributed by atoms with van der Waals surface area (Å²) in [6.45, 7) is 6.71. The van der Waals surface area contributed by atoms with Gasteiger partial charge in [0.1, 0.15) is 0 Å². The summed E-state index contributed by atoms with van der Waals surface area (Å²) in [6.07, 6.45) is 19.3. The molecule has 2 saturated heterocycles. The molecule has 2 saturated carbocycles. The maximum absolute atomic E-state index is 13.3. The Kier molecular flexibility index (Phi) is 8.10. The molecule has 4 atom stereocenters. The van der Waals surface area contributed by atoms with Gasteiger partial charge < -0.3 is 14.8 Å². The molecule has 0 spiro atoms. The molecule has 2 aromatic rings. The highest BCUT2D eigenvalue weighted by molar-refractivity contribution is 5.86. The van der Waals surface area contributed by atoms with Crippen molar-refractivity contribution in [1.82, 2.24) is 14.8 Å². The van der Waals surface area contributed by atoms with E-state index in [1.54, 1.807) is 0 Å². The molecular weight excluding hydrogens is 442 g/mol. The van der Waals surface area contributed by atoms with Crippen LogP contribution in [-0.4, -0.2) is 40.5 Å². The number of piperidine rings is 2. The van der Waals surface area contributed by atoms with Crippen molar-refractivity contribution in [2.75, 3.05) is 13.1 Å². The summed E-state index contributed by atoms with van der Waals surface area (Å²) in [7, 11) is 2.10. The van der Waals surface area contributed by atoms with Gasteiger partial charge in [-0.3, -0.25) is 4.79 Å². The molecule has 2 aliphatic heterocycles. The van der Waals surface area contributed by atoms with Crippen molar-refractivity contribution in [2.45, 2.75) is 115 Å². The minimum absolute atomic E-state index is 0.153. The Hall–Kier alpha value is -1.81. The molecular formula is C32H49N3O. The molecule has 3 heterocycles. The van der Waals surface area contributed by atoms with Crippen LogP contribution >= 0.6 is 0 Å². The van der Waals surface area contributed by atoms with E-state index in [4.69, 9.17) is 0 Å². The molecule has 0 bridgehead atoms. The lowest BCUT2D eigenvalue weighted by atomic mass is 9.77. The van der Waals surface area contributed by atoms with E-state index in [0.717, 1.165) is 24.4 Å². The summed E-state index contributed by atoms with van der Waals surface area (Å²) in [5, 5.41) is 4.90. The quantitative estimate of drug-likeness (QED) is 0.504. The number of aromatic nitrogens is 1. The number of amides is 1. The van der Waals surface area contributed by atoms with E-state index in [9.17, 15) is 4.79 Å². The van der Waals surface area contributed by atoms with Crippen LogP contribution < -0.4 is 5.32 Å². The van der Waals surface area contributed by atoms with Crippen LogP contribution in [0.15, 0.2) is 30.5 Å². The number of nitrogens with zero attached hydrogens (tertiary/aromatic N) is 2. The van der Waals surface area contributed by atoms with E-state index >= 15 is 0 Å². The highest BCUT2D eigenvalue weighted by Crippen LogP contribution is 2.39. The van der Waals surface area contributed by atoms with Crippen molar-refractivity contribution in [3.8, 4) is 0 Å². The van der Waals surface area contributed by atoms with Gasteiger partial charge in [0, 0.05) is 54.6 Å². The first-order valence-corrected chi connectivity index (χ1v) is 15.0. The van der Waals surface area contributed by atoms with Gasteiger partial charge in [-0.2, -0.15) is 0 Å². The summed E-state index contributed by atoms with van der Waals surface area (Å²) in [5.74, 6) is 2.16. The van der Waals surface area contributed by atoms with Crippen molar-refractivity contribution in [3.05, 3.63) is 36.0 Å². The number of aryl methyl sites for hydroxylation is 1. The highest BCUT2D eigenvalue weighted by Gasteiger charge is 2.38. The predicted octanol–water partition coefficient (Wildman–Crippen LogP) is 6.96. The van der Waals surface area contributed by atoms with Crippen LogP contribution in [0.5, 0.6) is 0 Å². The van der Waals surface area contributed by atoms with E-state index in [1.165, 1.54) is 100 Å². The normalized spacial score (nSPS) is 28.6. The zero-order valence-corrected chi connectivity index (χ0v) is 23.1. The largest absolute Gasteiger partial charge is 0.350 e. The summed E-state index contributed by atoms with van der Waals surface area (Å²) in [4.78, 5) is 15.6. The number of likely N-dealkylation sites (tertiary alicyclic amines) is 1. The van der Waals surface area contributed by atoms with E-state index in [-0.39, 0.29) is 5.41 Å². The lowest BCUT2D eigenvalue weighted by molar-refractivity contribution is -0.138. The van der Waals surface area contributed by atoms with Gasteiger partial charge in [-0.05, 0) is 81.4 Å². The van der Waals surface area contributed by atoms with Crippen LogP contribution in [0.25, 0.3) is 10.9 Å². The number of benzene rings is 1. The van der Waals surface area contributed by atoms with Crippen molar-refractivity contribution in [2.24, 2.45) is 18.9 Å². The Balaban J connectivity index is 0.000000222. The fraction of sp³-hybridized carbons (Fsp3) is 0.719. The molecule has 1 amide bonds. The first kappa shape index (κ1) is 25.8. The maximum atomic E-state index is 13.3. The second-order valence-corrected chi connectivity index (χ2v) is 12.8. The average molecular weight is 492 g/mol. The third-order valence-corrected chi connectivity index (χ3v) is 9.85. The fourth-order valence-corrected chi connectivity index (χ4v) is 7.86. The molecule has 1 aromatic heterocycles. The molecule has 198 valence electrons. The van der Waals surface area contributed by atoms with Crippen LogP contribution in [0.1, 0.15) is 103 Å². The molecule has 4 fully saturated rings. The van der Waals surface area contributed by atoms with Gasteiger partial charge in [0.05, 0.1) is 0 Å². The molecule has 1 aromatic carbocycles. The summed E-state index contributed by atoms with van der Waals surface area (Å²) in [6, 6.07) is 9.95. The summed E-state index contributed by atoms with van der Waals surface area (Å²) < 4.78 is 2.19. The van der Waals surface area contributed by atoms with Crippen LogP contribution in [0.2, 0.25) is 0 Å². The average Bonchev–Trinajstić information content (AvgIpc) is 3.26. The van der Waals surface area contributed by atoms with Crippen molar-refractivity contribution >= 4 is 16.8 Å². The maximum Gasteiger partial charge on any atom is 0.223 e. The Morgan fingerprint density at radius 3 is 2.44 bits per heavy atom. The standard InChI is InChI=1S/C23H32N2O.C9H17N/c1-23(2,19-16-24(3)21-13-7-5-11-18(19)21)15-22(26)25-14-8-10-17-9-4-6-12-20(17)25;1-2-6-9-8(4-1)5-3-7-10-9/h5,7,11,13,16-17,20H,4,6,8-10,12,14-15H2,1-3H3;8-10H,1-7H2. The molecule has 4 nitrogen and oxygen atoms in total. The van der Waals surface area contributed by atoms with Crippen LogP contribution in [0.4, 0.5) is 0 Å². The Labute approximate surface area is 219 Å². The van der Waals surface area contributed by atoms with Crippen molar-refractivity contribution in [3.63, 3.8) is 0 Å². The highest BCUT2D eigenvalue weighted by atomic mass is 16.2. The molecule has 36 heavy (non-hydrogen) atoms. The lowest BCUT2D eigenvalue weighted by Gasteiger charge is -2.45. The summed E-state index contributed by atoms with van der Waals surface area (Å²) >= 11 is 0. The Morgan fingerprint density at radius 1 is 0.917 bits per heavy atom. The van der Waals surface area contributed by atoms with Gasteiger partial charge in [-0.25, -0.2) is 0 Å². The minimum atomic E-state index is -0.153. The summed E-state index contributed by atoms with van der Waals surface area (Å²) in [5.41, 5.74) is 2.38. The molecule has 2 aliphatic carbocycles. The van der Waals surface area contributed by atoms with Gasteiger partial charge in [-0.1, -0.05) is 57.7 Å². The number of carbonyl (C=O) groups excluding carboxylic acids is 1. The molecule has 4 aliphatic rings. The SMILES string of the molecule is C1CCC2NCCCC2C1.Cn1cc(C(C)(C)CC(=O)N2CCCC3CCCCC32)c2ccccc21. The molecule has 0 radical (unpaired) electrons. The van der Waals surface area contributed by atoms with Gasteiger partial charge in [0.15, 0.2) is 0 Å². The zero-order chi connectivity index (χ0) is 25.1. The Morgan fingerprint density at radius 2 is 1.61 bits per heavy atom. The molecule has 1 N–H and O–H groups in total. The van der Waals surface area contributed by atoms with Gasteiger partial charge in [0.2, 0.25) is 5.91 Å². The Bertz CT molecular complexity index is 996. The number of hydrogen-bond acceptors (Lipinski definition) is 2. The number of nitrogens with one attached hydrogen (secondary N) is 1. The number of hydrogen-bond donors (Lipinski definition) is 1. The van der Waals surface area contributed by atoms with E-state index in [2.05, 4.69) is 66.1 Å². The first-order valence-electron chi connectivity index (χ1n) is 15.0. The van der Waals surface area contributed by atoms with Gasteiger partial charge in [-0.15, -0.1) is 0 Å². The molecule has 4 heteroatoms. The zero-order valence-electron chi connectivity index (χ0n) is 23.1.